The van der Waals surface area contributed by atoms with Gasteiger partial charge in [0, 0.05) is 25.2 Å². The fraction of sp³-hybridized carbons (Fsp3) is 0.231. The Bertz CT molecular complexity index is 1380. The minimum atomic E-state index is -0.986. The number of carbonyl (C=O) groups excluding carboxylic acids is 3. The summed E-state index contributed by atoms with van der Waals surface area (Å²) in [7, 11) is 0. The molecule has 0 aliphatic heterocycles. The number of nitrogens with two attached hydrogens (primary N) is 3. The third kappa shape index (κ3) is 8.42. The molecular formula is C26H30N8O5. The van der Waals surface area contributed by atoms with Crippen LogP contribution in [0.15, 0.2) is 71.7 Å². The van der Waals surface area contributed by atoms with Crippen LogP contribution in [0.5, 0.6) is 0 Å². The molecule has 1 atom stereocenters. The minimum Gasteiger partial charge on any atom is -0.368 e. The second-order valence-corrected chi connectivity index (χ2v) is 8.73. The Labute approximate surface area is 224 Å². The number of hydrazine groups is 1. The Morgan fingerprint density at radius 2 is 1.62 bits per heavy atom. The molecule has 39 heavy (non-hydrogen) atoms. The Balaban J connectivity index is 1.86. The van der Waals surface area contributed by atoms with E-state index in [1.54, 1.807) is 41.8 Å². The third-order valence-electron chi connectivity index (χ3n) is 5.93. The molecule has 3 aromatic carbocycles. The van der Waals surface area contributed by atoms with Gasteiger partial charge in [-0.2, -0.15) is 0 Å². The van der Waals surface area contributed by atoms with E-state index < -0.39 is 23.0 Å². The van der Waals surface area contributed by atoms with Crippen LogP contribution in [0.3, 0.4) is 0 Å². The van der Waals surface area contributed by atoms with Gasteiger partial charge in [-0.1, -0.05) is 60.0 Å². The van der Waals surface area contributed by atoms with E-state index in [-0.39, 0.29) is 44.3 Å². The number of primary amides is 2. The number of fused-ring (bicyclic) bond motifs is 1. The Hall–Kier alpha value is -5.20. The van der Waals surface area contributed by atoms with Gasteiger partial charge in [0.15, 0.2) is 5.03 Å². The lowest BCUT2D eigenvalue weighted by Crippen LogP contribution is -2.47. The zero-order valence-electron chi connectivity index (χ0n) is 21.1. The molecule has 0 unspecified atom stereocenters. The standard InChI is InChI=1S/C26H30N8O5/c27-23(35)22(6-3-13-30-25(28)32-34(38)39)33(16-18-9-7-17(8-10-18)15-31-26(29)37)24(36)21-12-11-19-4-1-2-5-20(19)14-21/h1-2,4-5,7-12,14,22H,3,6,13,15-16H2,(H2,27,35)(H3,28,30,32)(H3,29,31,37)/t22-/m1/s1. The molecule has 13 nitrogen and oxygen atoms in total. The van der Waals surface area contributed by atoms with E-state index in [9.17, 15) is 24.5 Å². The maximum Gasteiger partial charge on any atom is 0.312 e. The molecule has 13 heteroatoms. The van der Waals surface area contributed by atoms with Gasteiger partial charge in [-0.25, -0.2) is 19.9 Å². The van der Waals surface area contributed by atoms with E-state index in [2.05, 4.69) is 10.3 Å². The quantitative estimate of drug-likeness (QED) is 0.0756. The van der Waals surface area contributed by atoms with Crippen molar-refractivity contribution in [1.29, 1.82) is 0 Å². The molecular weight excluding hydrogens is 504 g/mol. The van der Waals surface area contributed by atoms with Gasteiger partial charge in [0.05, 0.1) is 0 Å². The molecule has 0 aliphatic rings. The first kappa shape index (κ1) is 28.4. The van der Waals surface area contributed by atoms with Gasteiger partial charge < -0.3 is 27.4 Å². The van der Waals surface area contributed by atoms with Crippen LogP contribution < -0.4 is 27.9 Å². The number of hydrogen-bond acceptors (Lipinski definition) is 6. The number of guanidine groups is 1. The van der Waals surface area contributed by atoms with E-state index in [4.69, 9.17) is 17.2 Å². The number of benzene rings is 3. The lowest BCUT2D eigenvalue weighted by molar-refractivity contribution is -0.525. The van der Waals surface area contributed by atoms with Crippen LogP contribution in [0.25, 0.3) is 10.8 Å². The molecule has 0 aromatic heterocycles. The van der Waals surface area contributed by atoms with Crippen LogP contribution in [0.4, 0.5) is 4.79 Å². The van der Waals surface area contributed by atoms with Crippen molar-refractivity contribution < 1.29 is 19.4 Å². The summed E-state index contributed by atoms with van der Waals surface area (Å²) in [5.41, 5.74) is 20.0. The van der Waals surface area contributed by atoms with Crippen molar-refractivity contribution in [2.45, 2.75) is 32.0 Å². The van der Waals surface area contributed by atoms with Crippen molar-refractivity contribution in [2.24, 2.45) is 22.2 Å². The molecule has 4 amide bonds. The van der Waals surface area contributed by atoms with Crippen LogP contribution in [-0.4, -0.2) is 46.3 Å². The van der Waals surface area contributed by atoms with Crippen LogP contribution in [0.1, 0.15) is 34.3 Å². The van der Waals surface area contributed by atoms with Crippen molar-refractivity contribution in [2.75, 3.05) is 6.54 Å². The number of rotatable bonds is 12. The molecule has 0 heterocycles. The highest BCUT2D eigenvalue weighted by Crippen LogP contribution is 2.21. The molecule has 0 saturated carbocycles. The minimum absolute atomic E-state index is 0.0794. The SMILES string of the molecule is NC(=O)NCc1ccc(CN(C(=O)c2ccc3ccccc3c2)[C@H](CCCN=C(N)N[N+](=O)[O-])C(N)=O)cc1. The maximum atomic E-state index is 13.8. The number of amides is 4. The zero-order valence-corrected chi connectivity index (χ0v) is 21.1. The van der Waals surface area contributed by atoms with Crippen LogP contribution in [0, 0.1) is 10.1 Å². The lowest BCUT2D eigenvalue weighted by Gasteiger charge is -2.30. The van der Waals surface area contributed by atoms with E-state index in [0.29, 0.717) is 5.56 Å². The molecule has 0 aliphatic carbocycles. The maximum absolute atomic E-state index is 13.8. The molecule has 0 spiro atoms. The predicted octanol–water partition coefficient (Wildman–Crippen LogP) is 1.38. The normalized spacial score (nSPS) is 11.9. The summed E-state index contributed by atoms with van der Waals surface area (Å²) < 4.78 is 0. The molecule has 0 radical (unpaired) electrons. The Kier molecular flexibility index (Phi) is 9.73. The summed E-state index contributed by atoms with van der Waals surface area (Å²) in [5, 5.41) is 14.0. The second-order valence-electron chi connectivity index (χ2n) is 8.73. The van der Waals surface area contributed by atoms with E-state index in [1.807, 2.05) is 30.3 Å². The topological polar surface area (TPSA) is 212 Å². The van der Waals surface area contributed by atoms with Crippen LogP contribution in [0.2, 0.25) is 0 Å². The highest BCUT2D eigenvalue weighted by Gasteiger charge is 2.29. The van der Waals surface area contributed by atoms with E-state index >= 15 is 0 Å². The highest BCUT2D eigenvalue weighted by atomic mass is 16.7. The third-order valence-corrected chi connectivity index (χ3v) is 5.93. The summed E-state index contributed by atoms with van der Waals surface area (Å²) >= 11 is 0. The molecule has 0 saturated heterocycles. The Morgan fingerprint density at radius 3 is 2.26 bits per heavy atom. The number of nitrogens with zero attached hydrogens (tertiary/aromatic N) is 3. The zero-order chi connectivity index (χ0) is 28.4. The average Bonchev–Trinajstić information content (AvgIpc) is 2.90. The highest BCUT2D eigenvalue weighted by molar-refractivity contribution is 6.00. The number of aliphatic imine (C=N–C) groups is 1. The summed E-state index contributed by atoms with van der Waals surface area (Å²) in [6, 6.07) is 18.4. The fourth-order valence-corrected chi connectivity index (χ4v) is 4.02. The van der Waals surface area contributed by atoms with Gasteiger partial charge >= 0.3 is 6.03 Å². The van der Waals surface area contributed by atoms with Gasteiger partial charge in [-0.3, -0.25) is 9.59 Å². The van der Waals surface area contributed by atoms with Crippen molar-refractivity contribution in [1.82, 2.24) is 15.6 Å². The van der Waals surface area contributed by atoms with Gasteiger partial charge in [-0.15, -0.1) is 0 Å². The first-order valence-electron chi connectivity index (χ1n) is 12.0. The number of urea groups is 1. The Morgan fingerprint density at radius 1 is 0.949 bits per heavy atom. The monoisotopic (exact) mass is 534 g/mol. The molecule has 3 aromatic rings. The number of hydrogen-bond donors (Lipinski definition) is 5. The van der Waals surface area contributed by atoms with Gasteiger partial charge in [0.1, 0.15) is 6.04 Å². The van der Waals surface area contributed by atoms with Gasteiger partial charge in [0.25, 0.3) is 11.9 Å². The summed E-state index contributed by atoms with van der Waals surface area (Å²) in [6.07, 6.45) is 0.442. The van der Waals surface area contributed by atoms with Crippen LogP contribution >= 0.6 is 0 Å². The summed E-state index contributed by atoms with van der Waals surface area (Å²) in [6.45, 7) is 0.404. The molecule has 204 valence electrons. The van der Waals surface area contributed by atoms with Gasteiger partial charge in [0.2, 0.25) is 5.91 Å². The summed E-state index contributed by atoms with van der Waals surface area (Å²) in [4.78, 5) is 53.1. The first-order chi connectivity index (χ1) is 18.6. The molecule has 0 bridgehead atoms. The number of nitro groups is 1. The second kappa shape index (κ2) is 13.4. The number of carbonyl (C=O) groups is 3. The van der Waals surface area contributed by atoms with Gasteiger partial charge in [-0.05, 0) is 46.9 Å². The smallest absolute Gasteiger partial charge is 0.312 e. The van der Waals surface area contributed by atoms with Crippen molar-refractivity contribution in [3.63, 3.8) is 0 Å². The van der Waals surface area contributed by atoms with E-state index in [1.165, 1.54) is 4.90 Å². The molecule has 0 fully saturated rings. The summed E-state index contributed by atoms with van der Waals surface area (Å²) in [5.74, 6) is -1.46. The lowest BCUT2D eigenvalue weighted by atomic mass is 10.0. The van der Waals surface area contributed by atoms with Crippen molar-refractivity contribution in [3.05, 3.63) is 93.5 Å². The van der Waals surface area contributed by atoms with E-state index in [0.717, 1.165) is 21.9 Å². The van der Waals surface area contributed by atoms with Crippen LogP contribution in [-0.2, 0) is 17.9 Å². The average molecular weight is 535 g/mol. The van der Waals surface area contributed by atoms with Crippen molar-refractivity contribution >= 4 is 34.6 Å². The predicted molar refractivity (Wildman–Crippen MR) is 146 cm³/mol. The largest absolute Gasteiger partial charge is 0.368 e. The fourth-order valence-electron chi connectivity index (χ4n) is 4.02. The molecule has 3 rings (SSSR count). The molecule has 8 N–H and O–H groups in total. The van der Waals surface area contributed by atoms with Crippen molar-refractivity contribution in [3.8, 4) is 0 Å². The first-order valence-corrected chi connectivity index (χ1v) is 12.0. The number of nitrogens with one attached hydrogen (secondary N) is 2.